The normalized spacial score (nSPS) is 32.8. The molecule has 0 heterocycles. The third-order valence-electron chi connectivity index (χ3n) is 2.88. The first-order valence-corrected chi connectivity index (χ1v) is 4.70. The maximum atomic E-state index is 10.5. The number of hydrogen-bond acceptors (Lipinski definition) is 2. The Balaban J connectivity index is 2.51. The second-order valence-electron chi connectivity index (χ2n) is 3.63. The SMILES string of the molecule is COC1CCCCC1C(C)[C]=O. The smallest absolute Gasteiger partial charge is 0.201 e. The minimum absolute atomic E-state index is 0.0373. The van der Waals surface area contributed by atoms with Crippen molar-refractivity contribution in [2.75, 3.05) is 7.11 Å². The zero-order valence-corrected chi connectivity index (χ0v) is 7.88. The standard InChI is InChI=1S/C10H17O2/c1-8(7-11)9-5-3-4-6-10(9)12-2/h8-10H,3-6H2,1-2H3. The summed E-state index contributed by atoms with van der Waals surface area (Å²) in [6.45, 7) is 1.94. The summed E-state index contributed by atoms with van der Waals surface area (Å²) >= 11 is 0. The molecule has 0 N–H and O–H groups in total. The molecule has 3 unspecified atom stereocenters. The van der Waals surface area contributed by atoms with Crippen LogP contribution >= 0.6 is 0 Å². The summed E-state index contributed by atoms with van der Waals surface area (Å²) in [4.78, 5) is 10.5. The molecule has 1 aliphatic carbocycles. The lowest BCUT2D eigenvalue weighted by atomic mass is 9.79. The molecule has 0 aromatic rings. The maximum absolute atomic E-state index is 10.5. The van der Waals surface area contributed by atoms with Gasteiger partial charge in [-0.2, -0.15) is 0 Å². The Kier molecular flexibility index (Phi) is 3.73. The Bertz CT molecular complexity index is 145. The average Bonchev–Trinajstić information content (AvgIpc) is 2.16. The molecule has 0 aromatic heterocycles. The fraction of sp³-hybridized carbons (Fsp3) is 0.900. The Morgan fingerprint density at radius 2 is 2.08 bits per heavy atom. The molecule has 12 heavy (non-hydrogen) atoms. The molecule has 0 aliphatic heterocycles. The Morgan fingerprint density at radius 1 is 1.42 bits per heavy atom. The zero-order chi connectivity index (χ0) is 8.97. The van der Waals surface area contributed by atoms with Gasteiger partial charge < -0.3 is 4.74 Å². The van der Waals surface area contributed by atoms with Gasteiger partial charge in [-0.15, -0.1) is 0 Å². The summed E-state index contributed by atoms with van der Waals surface area (Å²) in [6, 6.07) is 0. The summed E-state index contributed by atoms with van der Waals surface area (Å²) in [5.74, 6) is 0.441. The minimum Gasteiger partial charge on any atom is -0.381 e. The summed E-state index contributed by atoms with van der Waals surface area (Å²) in [7, 11) is 1.74. The first kappa shape index (κ1) is 9.72. The second-order valence-corrected chi connectivity index (χ2v) is 3.63. The minimum atomic E-state index is 0.0373. The highest BCUT2D eigenvalue weighted by Gasteiger charge is 2.29. The molecule has 0 amide bonds. The van der Waals surface area contributed by atoms with Crippen LogP contribution in [-0.4, -0.2) is 19.5 Å². The van der Waals surface area contributed by atoms with E-state index < -0.39 is 0 Å². The predicted octanol–water partition coefficient (Wildman–Crippen LogP) is 1.94. The lowest BCUT2D eigenvalue weighted by molar-refractivity contribution is 0.0125. The van der Waals surface area contributed by atoms with E-state index in [0.717, 1.165) is 12.8 Å². The number of carbonyl (C=O) groups excluding carboxylic acids is 1. The molecule has 0 spiro atoms. The van der Waals surface area contributed by atoms with Gasteiger partial charge in [0, 0.05) is 13.0 Å². The summed E-state index contributed by atoms with van der Waals surface area (Å²) < 4.78 is 5.35. The van der Waals surface area contributed by atoms with Crippen molar-refractivity contribution < 1.29 is 9.53 Å². The molecule has 1 rings (SSSR count). The first-order valence-electron chi connectivity index (χ1n) is 4.70. The van der Waals surface area contributed by atoms with E-state index in [4.69, 9.17) is 4.74 Å². The molecular formula is C10H17O2. The van der Waals surface area contributed by atoms with E-state index in [9.17, 15) is 4.79 Å². The van der Waals surface area contributed by atoms with Gasteiger partial charge in [0.05, 0.1) is 6.10 Å². The molecule has 0 saturated heterocycles. The van der Waals surface area contributed by atoms with Gasteiger partial charge in [-0.1, -0.05) is 19.8 Å². The van der Waals surface area contributed by atoms with Crippen molar-refractivity contribution >= 4 is 6.29 Å². The highest BCUT2D eigenvalue weighted by Crippen LogP contribution is 2.31. The van der Waals surface area contributed by atoms with Crippen LogP contribution in [0.2, 0.25) is 0 Å². The zero-order valence-electron chi connectivity index (χ0n) is 7.88. The molecule has 2 nitrogen and oxygen atoms in total. The lowest BCUT2D eigenvalue weighted by Crippen LogP contribution is -2.31. The Morgan fingerprint density at radius 3 is 2.67 bits per heavy atom. The van der Waals surface area contributed by atoms with E-state index >= 15 is 0 Å². The molecule has 1 aliphatic rings. The molecule has 3 atom stereocenters. The van der Waals surface area contributed by atoms with E-state index in [0.29, 0.717) is 5.92 Å². The second kappa shape index (κ2) is 4.61. The third kappa shape index (κ3) is 2.07. The van der Waals surface area contributed by atoms with Crippen LogP contribution in [0.1, 0.15) is 32.6 Å². The highest BCUT2D eigenvalue weighted by atomic mass is 16.5. The molecule has 1 saturated carbocycles. The topological polar surface area (TPSA) is 26.3 Å². The third-order valence-corrected chi connectivity index (χ3v) is 2.88. The van der Waals surface area contributed by atoms with Crippen molar-refractivity contribution in [3.63, 3.8) is 0 Å². The van der Waals surface area contributed by atoms with Gasteiger partial charge in [0.25, 0.3) is 0 Å². The van der Waals surface area contributed by atoms with Crippen molar-refractivity contribution in [3.05, 3.63) is 0 Å². The monoisotopic (exact) mass is 169 g/mol. The Labute approximate surface area is 74.3 Å². The van der Waals surface area contributed by atoms with Gasteiger partial charge in [0.1, 0.15) is 0 Å². The van der Waals surface area contributed by atoms with Crippen LogP contribution in [0, 0.1) is 11.8 Å². The van der Waals surface area contributed by atoms with Crippen LogP contribution in [0.15, 0.2) is 0 Å². The molecule has 0 bridgehead atoms. The van der Waals surface area contributed by atoms with Crippen molar-refractivity contribution in [3.8, 4) is 0 Å². The van der Waals surface area contributed by atoms with E-state index in [-0.39, 0.29) is 12.0 Å². The average molecular weight is 169 g/mol. The summed E-state index contributed by atoms with van der Waals surface area (Å²) in [6.07, 6.45) is 7.05. The van der Waals surface area contributed by atoms with Crippen molar-refractivity contribution in [1.82, 2.24) is 0 Å². The lowest BCUT2D eigenvalue weighted by Gasteiger charge is -2.32. The molecule has 2 heteroatoms. The van der Waals surface area contributed by atoms with Gasteiger partial charge in [-0.25, -0.2) is 0 Å². The van der Waals surface area contributed by atoms with Crippen LogP contribution in [0.4, 0.5) is 0 Å². The van der Waals surface area contributed by atoms with Gasteiger partial charge in [-0.05, 0) is 18.8 Å². The van der Waals surface area contributed by atoms with Gasteiger partial charge in [0.2, 0.25) is 6.29 Å². The van der Waals surface area contributed by atoms with E-state index in [2.05, 4.69) is 6.29 Å². The Hall–Kier alpha value is -0.370. The van der Waals surface area contributed by atoms with Gasteiger partial charge in [-0.3, -0.25) is 4.79 Å². The fourth-order valence-electron chi connectivity index (χ4n) is 2.08. The molecule has 69 valence electrons. The van der Waals surface area contributed by atoms with Crippen LogP contribution in [-0.2, 0) is 9.53 Å². The highest BCUT2D eigenvalue weighted by molar-refractivity contribution is 5.54. The van der Waals surface area contributed by atoms with Crippen LogP contribution < -0.4 is 0 Å². The quantitative estimate of drug-likeness (QED) is 0.645. The molecule has 0 aromatic carbocycles. The van der Waals surface area contributed by atoms with Crippen LogP contribution in [0.25, 0.3) is 0 Å². The van der Waals surface area contributed by atoms with E-state index in [1.54, 1.807) is 7.11 Å². The van der Waals surface area contributed by atoms with Gasteiger partial charge in [0.15, 0.2) is 0 Å². The largest absolute Gasteiger partial charge is 0.381 e. The molecular weight excluding hydrogens is 152 g/mol. The van der Waals surface area contributed by atoms with Crippen LogP contribution in [0.3, 0.4) is 0 Å². The fourth-order valence-corrected chi connectivity index (χ4v) is 2.08. The number of methoxy groups -OCH3 is 1. The van der Waals surface area contributed by atoms with Crippen LogP contribution in [0.5, 0.6) is 0 Å². The summed E-state index contributed by atoms with van der Waals surface area (Å²) in [5, 5.41) is 0. The number of ether oxygens (including phenoxy) is 1. The predicted molar refractivity (Wildman–Crippen MR) is 47.6 cm³/mol. The van der Waals surface area contributed by atoms with Crippen molar-refractivity contribution in [2.45, 2.75) is 38.7 Å². The molecule has 1 radical (unpaired) electrons. The first-order chi connectivity index (χ1) is 5.79. The number of hydrogen-bond donors (Lipinski definition) is 0. The van der Waals surface area contributed by atoms with Gasteiger partial charge >= 0.3 is 0 Å². The van der Waals surface area contributed by atoms with E-state index in [1.165, 1.54) is 12.8 Å². The maximum Gasteiger partial charge on any atom is 0.201 e. The molecule has 1 fully saturated rings. The number of rotatable bonds is 3. The van der Waals surface area contributed by atoms with Crippen molar-refractivity contribution in [2.24, 2.45) is 11.8 Å². The van der Waals surface area contributed by atoms with Crippen molar-refractivity contribution in [1.29, 1.82) is 0 Å². The summed E-state index contributed by atoms with van der Waals surface area (Å²) in [5.41, 5.74) is 0. The van der Waals surface area contributed by atoms with E-state index in [1.807, 2.05) is 6.92 Å².